The molecule has 0 spiro atoms. The van der Waals surface area contributed by atoms with Crippen molar-refractivity contribution in [2.24, 2.45) is 0 Å². The monoisotopic (exact) mass is 166 g/mol. The average molecular weight is 166 g/mol. The van der Waals surface area contributed by atoms with Crippen LogP contribution in [0.5, 0.6) is 0 Å². The summed E-state index contributed by atoms with van der Waals surface area (Å²) in [6, 6.07) is 7.52. The van der Waals surface area contributed by atoms with Crippen molar-refractivity contribution in [3.05, 3.63) is 36.4 Å². The van der Waals surface area contributed by atoms with Crippen LogP contribution in [-0.2, 0) is 0 Å². The second kappa shape index (κ2) is 3.51. The lowest BCUT2D eigenvalue weighted by atomic mass is 10.2. The summed E-state index contributed by atoms with van der Waals surface area (Å²) >= 11 is 0. The van der Waals surface area contributed by atoms with Gasteiger partial charge in [-0.1, -0.05) is 24.8 Å². The van der Waals surface area contributed by atoms with Gasteiger partial charge >= 0.3 is 0 Å². The van der Waals surface area contributed by atoms with Crippen LogP contribution in [0.15, 0.2) is 35.7 Å². The van der Waals surface area contributed by atoms with E-state index < -0.39 is 10.8 Å². The fourth-order valence-electron chi connectivity index (χ4n) is 0.761. The third kappa shape index (κ3) is 2.03. The van der Waals surface area contributed by atoms with E-state index in [4.69, 9.17) is 4.55 Å². The summed E-state index contributed by atoms with van der Waals surface area (Å²) in [4.78, 5) is 0.857. The molecule has 0 amide bonds. The molecule has 0 saturated carbocycles. The highest BCUT2D eigenvalue weighted by Crippen LogP contribution is 2.19. The van der Waals surface area contributed by atoms with E-state index in [1.54, 1.807) is 6.08 Å². The lowest BCUT2D eigenvalue weighted by molar-refractivity contribution is 0.661. The van der Waals surface area contributed by atoms with Gasteiger partial charge in [-0.2, -0.15) is 0 Å². The SMILES string of the molecule is C=Cc1ccc(S(=C)O)cc1. The summed E-state index contributed by atoms with van der Waals surface area (Å²) < 4.78 is 9.08. The van der Waals surface area contributed by atoms with E-state index in [0.29, 0.717) is 0 Å². The molecule has 1 N–H and O–H groups in total. The fourth-order valence-corrected chi connectivity index (χ4v) is 1.21. The lowest BCUT2D eigenvalue weighted by Crippen LogP contribution is -1.74. The zero-order chi connectivity index (χ0) is 8.27. The van der Waals surface area contributed by atoms with Gasteiger partial charge in [-0.15, -0.1) is 0 Å². The van der Waals surface area contributed by atoms with Crippen molar-refractivity contribution >= 4 is 22.7 Å². The van der Waals surface area contributed by atoms with E-state index >= 15 is 0 Å². The summed E-state index contributed by atoms with van der Waals surface area (Å²) in [7, 11) is -0.874. The number of hydrogen-bond acceptors (Lipinski definition) is 1. The molecule has 0 aromatic heterocycles. The van der Waals surface area contributed by atoms with Gasteiger partial charge < -0.3 is 4.55 Å². The van der Waals surface area contributed by atoms with Crippen LogP contribution >= 0.6 is 10.8 Å². The Kier molecular flexibility index (Phi) is 2.63. The molecule has 1 aromatic carbocycles. The van der Waals surface area contributed by atoms with Gasteiger partial charge in [-0.25, -0.2) is 0 Å². The molecule has 1 nitrogen and oxygen atoms in total. The molecule has 2 heteroatoms. The lowest BCUT2D eigenvalue weighted by Gasteiger charge is -1.98. The van der Waals surface area contributed by atoms with Gasteiger partial charge in [0.15, 0.2) is 0 Å². The number of hydrogen-bond donors (Lipinski definition) is 1. The van der Waals surface area contributed by atoms with Crippen LogP contribution in [0.1, 0.15) is 5.56 Å². The molecule has 1 unspecified atom stereocenters. The molecule has 11 heavy (non-hydrogen) atoms. The van der Waals surface area contributed by atoms with Crippen LogP contribution in [0.4, 0.5) is 0 Å². The van der Waals surface area contributed by atoms with Crippen LogP contribution in [0, 0.1) is 0 Å². The van der Waals surface area contributed by atoms with Gasteiger partial charge in [-0.05, 0) is 34.3 Å². The summed E-state index contributed by atoms with van der Waals surface area (Å²) in [6.07, 6.45) is 1.77. The molecule has 0 aliphatic carbocycles. The first-order chi connectivity index (χ1) is 5.24. The molecule has 0 heterocycles. The van der Waals surface area contributed by atoms with E-state index in [9.17, 15) is 0 Å². The van der Waals surface area contributed by atoms with Crippen LogP contribution in [0.3, 0.4) is 0 Å². The maximum Gasteiger partial charge on any atom is 0.0265 e. The third-order valence-electron chi connectivity index (χ3n) is 1.39. The van der Waals surface area contributed by atoms with E-state index in [1.165, 1.54) is 0 Å². The predicted octanol–water partition coefficient (Wildman–Crippen LogP) is 2.86. The van der Waals surface area contributed by atoms with Gasteiger partial charge in [0.25, 0.3) is 0 Å². The summed E-state index contributed by atoms with van der Waals surface area (Å²) in [5.41, 5.74) is 1.05. The Morgan fingerprint density at radius 1 is 1.27 bits per heavy atom. The van der Waals surface area contributed by atoms with Crippen molar-refractivity contribution in [3.8, 4) is 0 Å². The van der Waals surface area contributed by atoms with E-state index in [-0.39, 0.29) is 0 Å². The molecular formula is C9H10OS. The van der Waals surface area contributed by atoms with E-state index in [0.717, 1.165) is 10.5 Å². The fraction of sp³-hybridized carbons (Fsp3) is 0. The molecule has 0 fully saturated rings. The highest BCUT2D eigenvalue weighted by atomic mass is 32.2. The average Bonchev–Trinajstić information content (AvgIpc) is 2.05. The number of rotatable bonds is 2. The molecule has 0 radical (unpaired) electrons. The maximum absolute atomic E-state index is 9.08. The minimum Gasteiger partial charge on any atom is -0.333 e. The second-order valence-electron chi connectivity index (χ2n) is 2.14. The molecule has 1 aromatic rings. The van der Waals surface area contributed by atoms with Crippen molar-refractivity contribution in [2.75, 3.05) is 0 Å². The molecule has 0 bridgehead atoms. The largest absolute Gasteiger partial charge is 0.333 e. The van der Waals surface area contributed by atoms with Gasteiger partial charge in [0.1, 0.15) is 0 Å². The summed E-state index contributed by atoms with van der Waals surface area (Å²) in [5, 5.41) is 0. The Balaban J connectivity index is 3.00. The van der Waals surface area contributed by atoms with Crippen molar-refractivity contribution in [1.82, 2.24) is 0 Å². The highest BCUT2D eigenvalue weighted by Gasteiger charge is 1.91. The Labute approximate surface area is 69.1 Å². The Hall–Kier alpha value is -0.860. The summed E-state index contributed by atoms with van der Waals surface area (Å²) in [6.45, 7) is 3.63. The predicted molar refractivity (Wildman–Crippen MR) is 52.1 cm³/mol. The Bertz CT molecular complexity index is 274. The highest BCUT2D eigenvalue weighted by molar-refractivity contribution is 8.09. The normalized spacial score (nSPS) is 12.5. The van der Waals surface area contributed by atoms with Gasteiger partial charge in [0.2, 0.25) is 0 Å². The Morgan fingerprint density at radius 2 is 1.82 bits per heavy atom. The van der Waals surface area contributed by atoms with E-state index in [1.807, 2.05) is 24.3 Å². The quantitative estimate of drug-likeness (QED) is 0.670. The van der Waals surface area contributed by atoms with Crippen LogP contribution < -0.4 is 0 Å². The first-order valence-electron chi connectivity index (χ1n) is 3.19. The molecule has 58 valence electrons. The second-order valence-corrected chi connectivity index (χ2v) is 3.34. The first kappa shape index (κ1) is 8.24. The molecule has 0 saturated heterocycles. The van der Waals surface area contributed by atoms with Crippen LogP contribution in [0.2, 0.25) is 0 Å². The van der Waals surface area contributed by atoms with Crippen molar-refractivity contribution in [1.29, 1.82) is 0 Å². The zero-order valence-electron chi connectivity index (χ0n) is 6.16. The maximum atomic E-state index is 9.08. The van der Waals surface area contributed by atoms with Crippen molar-refractivity contribution in [3.63, 3.8) is 0 Å². The zero-order valence-corrected chi connectivity index (χ0v) is 6.97. The van der Waals surface area contributed by atoms with Gasteiger partial charge in [0, 0.05) is 4.90 Å². The molecular weight excluding hydrogens is 156 g/mol. The molecule has 1 atom stereocenters. The van der Waals surface area contributed by atoms with Crippen LogP contribution in [0.25, 0.3) is 6.08 Å². The smallest absolute Gasteiger partial charge is 0.0265 e. The van der Waals surface area contributed by atoms with Crippen molar-refractivity contribution in [2.45, 2.75) is 4.90 Å². The van der Waals surface area contributed by atoms with Gasteiger partial charge in [0.05, 0.1) is 0 Å². The minimum absolute atomic E-state index is 0.857. The van der Waals surface area contributed by atoms with E-state index in [2.05, 4.69) is 12.4 Å². The van der Waals surface area contributed by atoms with Crippen LogP contribution in [-0.4, -0.2) is 10.4 Å². The van der Waals surface area contributed by atoms with Crippen molar-refractivity contribution < 1.29 is 4.55 Å². The molecule has 0 aliphatic heterocycles. The minimum atomic E-state index is -0.874. The standard InChI is InChI=1S/C9H10OS/c1-3-8-4-6-9(7-5-8)11(2)10/h3-7,10H,1-2H2. The summed E-state index contributed by atoms with van der Waals surface area (Å²) in [5.74, 6) is 3.52. The number of benzene rings is 1. The Morgan fingerprint density at radius 3 is 2.18 bits per heavy atom. The first-order valence-corrected chi connectivity index (χ1v) is 4.54. The topological polar surface area (TPSA) is 20.2 Å². The van der Waals surface area contributed by atoms with Gasteiger partial charge in [-0.3, -0.25) is 0 Å². The molecule has 1 rings (SSSR count). The molecule has 0 aliphatic rings. The third-order valence-corrected chi connectivity index (χ3v) is 2.20.